The molecule has 0 N–H and O–H groups in total. The molecule has 3 heteroatoms. The van der Waals surface area contributed by atoms with Gasteiger partial charge in [-0.2, -0.15) is 0 Å². The lowest BCUT2D eigenvalue weighted by Crippen LogP contribution is -1.98. The van der Waals surface area contributed by atoms with Crippen LogP contribution in [0.15, 0.2) is 0 Å². The van der Waals surface area contributed by atoms with E-state index >= 15 is 0 Å². The lowest BCUT2D eigenvalue weighted by atomic mass is 10.6. The molecule has 10 heavy (non-hydrogen) atoms. The largest absolute Gasteiger partial charge is 0.259 e. The normalized spacial score (nSPS) is 13.4. The van der Waals surface area contributed by atoms with Crippen molar-refractivity contribution < 1.29 is 4.21 Å². The van der Waals surface area contributed by atoms with Crippen molar-refractivity contribution in [3.63, 3.8) is 0 Å². The summed E-state index contributed by atoms with van der Waals surface area (Å²) in [5.74, 6) is 2.02. The highest BCUT2D eigenvalue weighted by molar-refractivity contribution is 8.10. The van der Waals surface area contributed by atoms with Crippen molar-refractivity contribution in [3.8, 4) is 0 Å². The Labute approximate surface area is 70.4 Å². The third-order valence-electron chi connectivity index (χ3n) is 0.995. The van der Waals surface area contributed by atoms with Crippen LogP contribution in [-0.2, 0) is 10.8 Å². The van der Waals surface area contributed by atoms with Crippen molar-refractivity contribution in [2.75, 3.05) is 16.6 Å². The SMILES string of the molecule is CCCSC[S@](=O)CCC. The van der Waals surface area contributed by atoms with Crippen LogP contribution >= 0.6 is 11.8 Å². The molecule has 0 heterocycles. The highest BCUT2D eigenvalue weighted by atomic mass is 32.2. The van der Waals surface area contributed by atoms with Crippen molar-refractivity contribution in [3.05, 3.63) is 0 Å². The molecule has 0 aromatic heterocycles. The van der Waals surface area contributed by atoms with Gasteiger partial charge in [0.1, 0.15) is 0 Å². The van der Waals surface area contributed by atoms with Gasteiger partial charge in [0, 0.05) is 16.6 Å². The minimum atomic E-state index is -0.559. The zero-order chi connectivity index (χ0) is 7.82. The van der Waals surface area contributed by atoms with E-state index in [1.807, 2.05) is 0 Å². The molecule has 0 aromatic carbocycles. The Morgan fingerprint density at radius 3 is 2.50 bits per heavy atom. The maximum atomic E-state index is 11.0. The van der Waals surface area contributed by atoms with E-state index in [2.05, 4.69) is 13.8 Å². The standard InChI is InChI=1S/C7H16OS2/c1-3-5-9-7-10(8)6-4-2/h3-7H2,1-2H3/t10-/m1/s1. The van der Waals surface area contributed by atoms with Crippen LogP contribution in [0.25, 0.3) is 0 Å². The molecule has 0 aliphatic carbocycles. The first-order chi connectivity index (χ1) is 4.81. The third kappa shape index (κ3) is 6.62. The van der Waals surface area contributed by atoms with Gasteiger partial charge in [-0.15, -0.1) is 11.8 Å². The monoisotopic (exact) mass is 180 g/mol. The summed E-state index contributed by atoms with van der Waals surface area (Å²) in [7, 11) is -0.559. The second-order valence-corrected chi connectivity index (χ2v) is 5.22. The van der Waals surface area contributed by atoms with Gasteiger partial charge in [-0.05, 0) is 18.6 Å². The Morgan fingerprint density at radius 1 is 1.30 bits per heavy atom. The van der Waals surface area contributed by atoms with Gasteiger partial charge < -0.3 is 0 Å². The van der Waals surface area contributed by atoms with E-state index in [9.17, 15) is 4.21 Å². The van der Waals surface area contributed by atoms with E-state index in [-0.39, 0.29) is 0 Å². The average Bonchev–Trinajstić information content (AvgIpc) is 1.89. The summed E-state index contributed by atoms with van der Waals surface area (Å²) < 4.78 is 11.0. The summed E-state index contributed by atoms with van der Waals surface area (Å²) >= 11 is 1.80. The predicted octanol–water partition coefficient (Wildman–Crippen LogP) is 2.25. The van der Waals surface area contributed by atoms with E-state index in [0.717, 1.165) is 23.0 Å². The summed E-state index contributed by atoms with van der Waals surface area (Å²) in [6.45, 7) is 4.22. The van der Waals surface area contributed by atoms with Gasteiger partial charge in [0.25, 0.3) is 0 Å². The van der Waals surface area contributed by atoms with E-state index in [4.69, 9.17) is 0 Å². The lowest BCUT2D eigenvalue weighted by molar-refractivity contribution is 0.685. The Hall–Kier alpha value is 0.500. The third-order valence-corrected chi connectivity index (χ3v) is 4.27. The number of hydrogen-bond acceptors (Lipinski definition) is 2. The van der Waals surface area contributed by atoms with Gasteiger partial charge in [0.2, 0.25) is 0 Å². The average molecular weight is 180 g/mol. The van der Waals surface area contributed by atoms with Crippen molar-refractivity contribution >= 4 is 22.6 Å². The van der Waals surface area contributed by atoms with Gasteiger partial charge in [-0.1, -0.05) is 13.8 Å². The molecule has 0 radical (unpaired) electrons. The molecule has 0 saturated carbocycles. The van der Waals surface area contributed by atoms with Crippen molar-refractivity contribution in [2.24, 2.45) is 0 Å². The fourth-order valence-corrected chi connectivity index (χ4v) is 3.01. The molecule has 1 nitrogen and oxygen atoms in total. The summed E-state index contributed by atoms with van der Waals surface area (Å²) in [6, 6.07) is 0. The minimum absolute atomic E-state index is 0.559. The summed E-state index contributed by atoms with van der Waals surface area (Å²) in [5, 5.41) is 0.835. The predicted molar refractivity (Wildman–Crippen MR) is 50.9 cm³/mol. The fourth-order valence-electron chi connectivity index (χ4n) is 0.583. The maximum Gasteiger partial charge on any atom is 0.0692 e. The molecule has 0 spiro atoms. The fraction of sp³-hybridized carbons (Fsp3) is 1.00. The van der Waals surface area contributed by atoms with Gasteiger partial charge in [-0.3, -0.25) is 4.21 Å². The quantitative estimate of drug-likeness (QED) is 0.583. The lowest BCUT2D eigenvalue weighted by Gasteiger charge is -1.97. The first-order valence-corrected chi connectivity index (χ1v) is 6.38. The van der Waals surface area contributed by atoms with Crippen molar-refractivity contribution in [1.82, 2.24) is 0 Å². The zero-order valence-corrected chi connectivity index (χ0v) is 8.39. The van der Waals surface area contributed by atoms with E-state index in [1.165, 1.54) is 6.42 Å². The molecule has 0 unspecified atom stereocenters. The van der Waals surface area contributed by atoms with Gasteiger partial charge in [-0.25, -0.2) is 0 Å². The Bertz CT molecular complexity index is 93.6. The summed E-state index contributed by atoms with van der Waals surface area (Å²) in [5.41, 5.74) is 0. The minimum Gasteiger partial charge on any atom is -0.259 e. The van der Waals surface area contributed by atoms with Gasteiger partial charge in [0.05, 0.1) is 5.08 Å². The van der Waals surface area contributed by atoms with Crippen LogP contribution in [0, 0.1) is 0 Å². The smallest absolute Gasteiger partial charge is 0.0692 e. The first-order valence-electron chi connectivity index (χ1n) is 3.74. The zero-order valence-electron chi connectivity index (χ0n) is 6.76. The molecule has 0 aliphatic heterocycles. The van der Waals surface area contributed by atoms with Crippen LogP contribution in [0.2, 0.25) is 0 Å². The highest BCUT2D eigenvalue weighted by Crippen LogP contribution is 2.04. The Balaban J connectivity index is 3.05. The Kier molecular flexibility index (Phi) is 7.99. The molecule has 0 bridgehead atoms. The van der Waals surface area contributed by atoms with Crippen molar-refractivity contribution in [2.45, 2.75) is 26.7 Å². The van der Waals surface area contributed by atoms with E-state index < -0.39 is 10.8 Å². The summed E-state index contributed by atoms with van der Waals surface area (Å²) in [4.78, 5) is 0. The number of rotatable bonds is 6. The number of thioether (sulfide) groups is 1. The molecule has 0 aliphatic rings. The van der Waals surface area contributed by atoms with E-state index in [1.54, 1.807) is 11.8 Å². The van der Waals surface area contributed by atoms with E-state index in [0.29, 0.717) is 0 Å². The van der Waals surface area contributed by atoms with Crippen LogP contribution in [0.1, 0.15) is 26.7 Å². The summed E-state index contributed by atoms with van der Waals surface area (Å²) in [6.07, 6.45) is 2.23. The van der Waals surface area contributed by atoms with Gasteiger partial charge >= 0.3 is 0 Å². The van der Waals surface area contributed by atoms with Crippen LogP contribution in [0.4, 0.5) is 0 Å². The second-order valence-electron chi connectivity index (χ2n) is 2.17. The molecule has 0 saturated heterocycles. The maximum absolute atomic E-state index is 11.0. The Morgan fingerprint density at radius 2 is 2.00 bits per heavy atom. The molecule has 1 atom stereocenters. The molecule has 0 fully saturated rings. The van der Waals surface area contributed by atoms with Gasteiger partial charge in [0.15, 0.2) is 0 Å². The first kappa shape index (κ1) is 10.5. The van der Waals surface area contributed by atoms with Crippen molar-refractivity contribution in [1.29, 1.82) is 0 Å². The molecular weight excluding hydrogens is 164 g/mol. The highest BCUT2D eigenvalue weighted by Gasteiger charge is 1.95. The second kappa shape index (κ2) is 7.61. The topological polar surface area (TPSA) is 17.1 Å². The molecule has 62 valence electrons. The van der Waals surface area contributed by atoms with Crippen LogP contribution < -0.4 is 0 Å². The van der Waals surface area contributed by atoms with Crippen LogP contribution in [-0.4, -0.2) is 20.8 Å². The molecule has 0 amide bonds. The molecule has 0 rings (SSSR count). The van der Waals surface area contributed by atoms with Crippen LogP contribution in [0.5, 0.6) is 0 Å². The molecule has 0 aromatic rings. The van der Waals surface area contributed by atoms with Crippen LogP contribution in [0.3, 0.4) is 0 Å². The number of hydrogen-bond donors (Lipinski definition) is 0. The molecular formula is C7H16OS2.